The molecule has 0 aromatic carbocycles. The molecule has 116 valence electrons. The summed E-state index contributed by atoms with van der Waals surface area (Å²) >= 11 is 0. The monoisotopic (exact) mass is 293 g/mol. The van der Waals surface area contributed by atoms with Crippen LogP contribution in [0.15, 0.2) is 6.07 Å². The summed E-state index contributed by atoms with van der Waals surface area (Å²) in [5, 5.41) is 6.85. The van der Waals surface area contributed by atoms with Crippen molar-refractivity contribution in [3.05, 3.63) is 17.5 Å². The Morgan fingerprint density at radius 1 is 1.48 bits per heavy atom. The van der Waals surface area contributed by atoms with Crippen molar-refractivity contribution in [3.8, 4) is 0 Å². The van der Waals surface area contributed by atoms with Crippen molar-refractivity contribution in [1.29, 1.82) is 0 Å². The minimum Gasteiger partial charge on any atom is -0.376 e. The van der Waals surface area contributed by atoms with Crippen LogP contribution in [0.3, 0.4) is 0 Å². The highest BCUT2D eigenvalue weighted by molar-refractivity contribution is 5.92. The summed E-state index contributed by atoms with van der Waals surface area (Å²) in [7, 11) is 0. The number of rotatable bonds is 4. The number of hydrogen-bond acceptors (Lipinski definition) is 4. The van der Waals surface area contributed by atoms with Crippen LogP contribution in [0.2, 0.25) is 0 Å². The largest absolute Gasteiger partial charge is 0.376 e. The minimum atomic E-state index is 0.0110. The van der Waals surface area contributed by atoms with E-state index in [-0.39, 0.29) is 18.1 Å². The quantitative estimate of drug-likeness (QED) is 0.914. The number of piperidine rings is 1. The van der Waals surface area contributed by atoms with Crippen molar-refractivity contribution < 1.29 is 14.3 Å². The average molecular weight is 293 g/mol. The molecule has 1 amide bonds. The topological polar surface area (TPSA) is 67.5 Å². The molecule has 0 unspecified atom stereocenters. The zero-order valence-electron chi connectivity index (χ0n) is 12.5. The van der Waals surface area contributed by atoms with Gasteiger partial charge in [0, 0.05) is 25.4 Å². The Kier molecular flexibility index (Phi) is 4.55. The first-order valence-electron chi connectivity index (χ1n) is 7.77. The van der Waals surface area contributed by atoms with Gasteiger partial charge in [-0.05, 0) is 38.7 Å². The number of carbonyl (C=O) groups excluding carboxylic acids is 1. The average Bonchev–Trinajstić information content (AvgIpc) is 3.16. The van der Waals surface area contributed by atoms with Crippen molar-refractivity contribution >= 4 is 5.91 Å². The molecule has 2 aliphatic rings. The minimum absolute atomic E-state index is 0.0110. The molecule has 2 saturated heterocycles. The molecule has 6 heteroatoms. The predicted octanol–water partition coefficient (Wildman–Crippen LogP) is 1.52. The van der Waals surface area contributed by atoms with E-state index >= 15 is 0 Å². The number of hydrogen-bond donors (Lipinski definition) is 1. The van der Waals surface area contributed by atoms with Crippen LogP contribution < -0.4 is 0 Å². The van der Waals surface area contributed by atoms with Gasteiger partial charge in [-0.3, -0.25) is 9.89 Å². The lowest BCUT2D eigenvalue weighted by atomic mass is 10.1. The van der Waals surface area contributed by atoms with Gasteiger partial charge in [0.05, 0.1) is 18.8 Å². The fraction of sp³-hybridized carbons (Fsp3) is 0.733. The summed E-state index contributed by atoms with van der Waals surface area (Å²) in [5.41, 5.74) is 1.42. The van der Waals surface area contributed by atoms with Crippen LogP contribution in [0.25, 0.3) is 0 Å². The van der Waals surface area contributed by atoms with E-state index in [1.165, 1.54) is 0 Å². The molecule has 0 radical (unpaired) electrons. The van der Waals surface area contributed by atoms with E-state index in [0.29, 0.717) is 12.3 Å². The van der Waals surface area contributed by atoms with E-state index in [9.17, 15) is 4.79 Å². The Hall–Kier alpha value is -1.40. The van der Waals surface area contributed by atoms with Crippen molar-refractivity contribution in [1.82, 2.24) is 15.1 Å². The fourth-order valence-electron chi connectivity index (χ4n) is 2.93. The first kappa shape index (κ1) is 14.5. The van der Waals surface area contributed by atoms with Gasteiger partial charge < -0.3 is 14.4 Å². The second-order valence-electron chi connectivity index (χ2n) is 5.90. The van der Waals surface area contributed by atoms with Crippen LogP contribution in [-0.2, 0) is 9.47 Å². The van der Waals surface area contributed by atoms with Gasteiger partial charge in [0.15, 0.2) is 0 Å². The van der Waals surface area contributed by atoms with E-state index in [1.807, 2.05) is 11.8 Å². The van der Waals surface area contributed by atoms with Gasteiger partial charge in [0.2, 0.25) is 0 Å². The number of likely N-dealkylation sites (tertiary alicyclic amines) is 1. The number of nitrogens with zero attached hydrogens (tertiary/aromatic N) is 2. The normalized spacial score (nSPS) is 23.7. The van der Waals surface area contributed by atoms with Crippen molar-refractivity contribution in [3.63, 3.8) is 0 Å². The molecule has 6 nitrogen and oxygen atoms in total. The van der Waals surface area contributed by atoms with Crippen LogP contribution >= 0.6 is 0 Å². The van der Waals surface area contributed by atoms with Gasteiger partial charge in [0.1, 0.15) is 5.69 Å². The first-order chi connectivity index (χ1) is 10.2. The van der Waals surface area contributed by atoms with E-state index in [2.05, 4.69) is 10.2 Å². The van der Waals surface area contributed by atoms with E-state index in [0.717, 1.165) is 51.1 Å². The Morgan fingerprint density at radius 3 is 2.90 bits per heavy atom. The Balaban J connectivity index is 1.43. The maximum absolute atomic E-state index is 12.3. The van der Waals surface area contributed by atoms with Crippen LogP contribution in [0, 0.1) is 6.92 Å². The maximum Gasteiger partial charge on any atom is 0.274 e. The lowest BCUT2D eigenvalue weighted by Crippen LogP contribution is -2.41. The third-order valence-electron chi connectivity index (χ3n) is 4.20. The van der Waals surface area contributed by atoms with Crippen LogP contribution in [0.1, 0.15) is 41.9 Å². The number of ether oxygens (including phenoxy) is 2. The van der Waals surface area contributed by atoms with Crippen LogP contribution in [0.4, 0.5) is 0 Å². The number of aryl methyl sites for hydroxylation is 1. The molecule has 0 bridgehead atoms. The Labute approximate surface area is 124 Å². The molecule has 1 atom stereocenters. The van der Waals surface area contributed by atoms with E-state index < -0.39 is 0 Å². The second kappa shape index (κ2) is 6.58. The molecule has 1 aromatic rings. The highest BCUT2D eigenvalue weighted by Gasteiger charge is 2.26. The fourth-order valence-corrected chi connectivity index (χ4v) is 2.93. The highest BCUT2D eigenvalue weighted by atomic mass is 16.5. The molecule has 3 rings (SSSR count). The molecule has 1 aromatic heterocycles. The van der Waals surface area contributed by atoms with Gasteiger partial charge >= 0.3 is 0 Å². The van der Waals surface area contributed by atoms with Gasteiger partial charge in [-0.2, -0.15) is 5.10 Å². The lowest BCUT2D eigenvalue weighted by molar-refractivity contribution is -0.0395. The van der Waals surface area contributed by atoms with Crippen LogP contribution in [-0.4, -0.2) is 59.5 Å². The summed E-state index contributed by atoms with van der Waals surface area (Å²) in [6.45, 7) is 4.93. The Bertz CT molecular complexity index is 474. The first-order valence-corrected chi connectivity index (χ1v) is 7.77. The summed E-state index contributed by atoms with van der Waals surface area (Å²) in [6.07, 6.45) is 4.56. The molecule has 0 spiro atoms. The molecule has 3 heterocycles. The highest BCUT2D eigenvalue weighted by Crippen LogP contribution is 2.18. The van der Waals surface area contributed by atoms with Crippen molar-refractivity contribution in [2.24, 2.45) is 0 Å². The molecule has 0 saturated carbocycles. The third kappa shape index (κ3) is 3.63. The number of carbonyl (C=O) groups is 1. The third-order valence-corrected chi connectivity index (χ3v) is 4.20. The number of amides is 1. The molecule has 2 aliphatic heterocycles. The standard InChI is InChI=1S/C15H23N3O3/c1-11-9-14(17-16-11)15(19)18-6-4-12(5-7-18)21-10-13-3-2-8-20-13/h9,12-13H,2-8,10H2,1H3,(H,16,17)/t13-/m1/s1. The maximum atomic E-state index is 12.3. The summed E-state index contributed by atoms with van der Waals surface area (Å²) in [4.78, 5) is 14.1. The molecular formula is C15H23N3O3. The molecule has 1 N–H and O–H groups in total. The van der Waals surface area contributed by atoms with E-state index in [4.69, 9.17) is 9.47 Å². The van der Waals surface area contributed by atoms with Gasteiger partial charge in [-0.25, -0.2) is 0 Å². The number of aromatic amines is 1. The predicted molar refractivity (Wildman–Crippen MR) is 77.2 cm³/mol. The summed E-state index contributed by atoms with van der Waals surface area (Å²) < 4.78 is 11.5. The zero-order chi connectivity index (χ0) is 14.7. The van der Waals surface area contributed by atoms with Gasteiger partial charge in [-0.1, -0.05) is 0 Å². The van der Waals surface area contributed by atoms with Crippen molar-refractivity contribution in [2.45, 2.75) is 44.8 Å². The number of nitrogens with one attached hydrogen (secondary N) is 1. The lowest BCUT2D eigenvalue weighted by Gasteiger charge is -2.32. The molecule has 2 fully saturated rings. The van der Waals surface area contributed by atoms with Gasteiger partial charge in [-0.15, -0.1) is 0 Å². The molecular weight excluding hydrogens is 270 g/mol. The molecule has 0 aliphatic carbocycles. The Morgan fingerprint density at radius 2 is 2.29 bits per heavy atom. The smallest absolute Gasteiger partial charge is 0.274 e. The van der Waals surface area contributed by atoms with Crippen LogP contribution in [0.5, 0.6) is 0 Å². The number of H-pyrrole nitrogens is 1. The summed E-state index contributed by atoms with van der Waals surface area (Å²) in [6, 6.07) is 1.79. The summed E-state index contributed by atoms with van der Waals surface area (Å²) in [5.74, 6) is 0.0110. The SMILES string of the molecule is Cc1cc(C(=O)N2CCC(OC[C@H]3CCCO3)CC2)n[nH]1. The molecule has 21 heavy (non-hydrogen) atoms. The van der Waals surface area contributed by atoms with Crippen molar-refractivity contribution in [2.75, 3.05) is 26.3 Å². The zero-order valence-corrected chi connectivity index (χ0v) is 12.5. The second-order valence-corrected chi connectivity index (χ2v) is 5.90. The van der Waals surface area contributed by atoms with Gasteiger partial charge in [0.25, 0.3) is 5.91 Å². The van der Waals surface area contributed by atoms with E-state index in [1.54, 1.807) is 6.07 Å². The number of aromatic nitrogens is 2.